The summed E-state index contributed by atoms with van der Waals surface area (Å²) in [5.41, 5.74) is 2.43. The molecule has 226 valence electrons. The second-order valence-electron chi connectivity index (χ2n) is 11.5. The number of carbonyl (C=O) groups is 1. The normalized spacial score (nSPS) is 21.5. The summed E-state index contributed by atoms with van der Waals surface area (Å²) in [4.78, 5) is 17.8. The van der Waals surface area contributed by atoms with Gasteiger partial charge in [0.25, 0.3) is 0 Å². The fraction of sp³-hybridized carbons (Fsp3) is 0.290. The summed E-state index contributed by atoms with van der Waals surface area (Å²) in [5.74, 6) is -1.78. The monoisotopic (exact) mass is 617 g/mol. The van der Waals surface area contributed by atoms with Crippen molar-refractivity contribution in [2.45, 2.75) is 37.1 Å². The van der Waals surface area contributed by atoms with E-state index < -0.39 is 27.2 Å². The lowest BCUT2D eigenvalue weighted by Gasteiger charge is -2.24. The van der Waals surface area contributed by atoms with Gasteiger partial charge in [0, 0.05) is 36.6 Å². The van der Waals surface area contributed by atoms with Crippen molar-refractivity contribution in [3.8, 4) is 5.69 Å². The summed E-state index contributed by atoms with van der Waals surface area (Å²) in [6.45, 7) is 4.79. The maximum Gasteiger partial charge on any atom is 0.246 e. The Labute approximate surface area is 252 Å². The van der Waals surface area contributed by atoms with E-state index in [9.17, 15) is 22.0 Å². The van der Waals surface area contributed by atoms with Crippen LogP contribution in [-0.4, -0.2) is 56.3 Å². The summed E-state index contributed by atoms with van der Waals surface area (Å²) in [7, 11) is -3.87. The van der Waals surface area contributed by atoms with E-state index >= 15 is 0 Å². The number of nitrogens with zero attached hydrogens (tertiary/aromatic N) is 6. The third kappa shape index (κ3) is 4.49. The van der Waals surface area contributed by atoms with Gasteiger partial charge in [-0.3, -0.25) is 9.48 Å². The fourth-order valence-corrected chi connectivity index (χ4v) is 8.20. The van der Waals surface area contributed by atoms with E-state index in [0.29, 0.717) is 12.2 Å². The van der Waals surface area contributed by atoms with E-state index in [1.54, 1.807) is 33.9 Å². The maximum atomic E-state index is 13.8. The first kappa shape index (κ1) is 28.3. The van der Waals surface area contributed by atoms with Gasteiger partial charge < -0.3 is 5.32 Å². The summed E-state index contributed by atoms with van der Waals surface area (Å²) in [6, 6.07) is 12.6. The number of carbonyl (C=O) groups excluding carboxylic acids is 1. The Morgan fingerprint density at radius 3 is 2.55 bits per heavy atom. The van der Waals surface area contributed by atoms with E-state index in [1.807, 2.05) is 26.0 Å². The molecule has 2 aliphatic rings. The number of hydrogen-bond acceptors (Lipinski definition) is 6. The first-order valence-electron chi connectivity index (χ1n) is 14.3. The number of amides is 1. The topological polar surface area (TPSA) is 115 Å². The minimum absolute atomic E-state index is 0.104. The molecule has 5 aromatic rings. The number of sulfonamides is 1. The third-order valence-corrected chi connectivity index (χ3v) is 10.6. The fourth-order valence-electron chi connectivity index (χ4n) is 6.73. The molecule has 0 bridgehead atoms. The number of rotatable bonds is 8. The minimum Gasteiger partial charge on any atom is -0.310 e. The molecular weight excluding hydrogens is 588 g/mol. The van der Waals surface area contributed by atoms with Crippen LogP contribution in [-0.2, 0) is 26.8 Å². The highest BCUT2D eigenvalue weighted by atomic mass is 32.2. The predicted octanol–water partition coefficient (Wildman–Crippen LogP) is 4.44. The van der Waals surface area contributed by atoms with Crippen molar-refractivity contribution in [1.82, 2.24) is 28.9 Å². The Balaban J connectivity index is 1.27. The van der Waals surface area contributed by atoms with Crippen LogP contribution in [0.15, 0.2) is 78.2 Å². The number of benzene rings is 2. The Hall–Kier alpha value is -4.49. The predicted molar refractivity (Wildman–Crippen MR) is 159 cm³/mol. The van der Waals surface area contributed by atoms with Gasteiger partial charge in [-0.2, -0.15) is 14.5 Å². The van der Waals surface area contributed by atoms with E-state index in [2.05, 4.69) is 20.5 Å². The first-order valence-corrected chi connectivity index (χ1v) is 15.8. The number of halogens is 2. The molecule has 1 aliphatic carbocycles. The number of pyridine rings is 1. The van der Waals surface area contributed by atoms with Crippen LogP contribution in [0.3, 0.4) is 0 Å². The van der Waals surface area contributed by atoms with Gasteiger partial charge in [-0.25, -0.2) is 26.9 Å². The molecule has 0 radical (unpaired) electrons. The minimum atomic E-state index is -3.87. The molecule has 3 atom stereocenters. The Morgan fingerprint density at radius 2 is 1.82 bits per heavy atom. The largest absolute Gasteiger partial charge is 0.310 e. The average molecular weight is 618 g/mol. The third-order valence-electron chi connectivity index (χ3n) is 8.80. The SMILES string of the molecule is CCCn1cc(S(=O)(=O)N2CC3C(C(=O)Nc4ccc(F)cn4)C3(c3cc4cnn(-c5ccc(F)cc5)c4cc3C)C2)cn1. The number of nitrogens with one attached hydrogen (secondary N) is 1. The van der Waals surface area contributed by atoms with Gasteiger partial charge in [0.05, 0.1) is 35.7 Å². The maximum absolute atomic E-state index is 13.8. The second-order valence-corrected chi connectivity index (χ2v) is 13.4. The van der Waals surface area contributed by atoms with Gasteiger partial charge in [-0.15, -0.1) is 0 Å². The molecule has 1 amide bonds. The molecule has 44 heavy (non-hydrogen) atoms. The number of hydrogen-bond donors (Lipinski definition) is 1. The Morgan fingerprint density at radius 1 is 1.05 bits per heavy atom. The van der Waals surface area contributed by atoms with Crippen molar-refractivity contribution in [2.75, 3.05) is 18.4 Å². The van der Waals surface area contributed by atoms with Gasteiger partial charge in [0.2, 0.25) is 15.9 Å². The van der Waals surface area contributed by atoms with Crippen LogP contribution in [0.4, 0.5) is 14.6 Å². The molecule has 1 aliphatic heterocycles. The zero-order valence-electron chi connectivity index (χ0n) is 24.0. The molecule has 1 saturated heterocycles. The molecule has 4 heterocycles. The molecule has 10 nitrogen and oxygen atoms in total. The highest BCUT2D eigenvalue weighted by Crippen LogP contribution is 2.66. The molecule has 2 aromatic carbocycles. The van der Waals surface area contributed by atoms with E-state index in [4.69, 9.17) is 0 Å². The molecule has 7 rings (SSSR count). The quantitative estimate of drug-likeness (QED) is 0.275. The number of anilines is 1. The molecule has 13 heteroatoms. The zero-order valence-corrected chi connectivity index (χ0v) is 24.8. The number of aryl methyl sites for hydroxylation is 2. The molecule has 3 aromatic heterocycles. The number of piperidine rings is 1. The van der Waals surface area contributed by atoms with Gasteiger partial charge in [-0.05, 0) is 78.9 Å². The van der Waals surface area contributed by atoms with E-state index in [0.717, 1.165) is 34.6 Å². The van der Waals surface area contributed by atoms with Crippen molar-refractivity contribution < 1.29 is 22.0 Å². The summed E-state index contributed by atoms with van der Waals surface area (Å²) in [6.07, 6.45) is 6.46. The number of fused-ring (bicyclic) bond motifs is 2. The van der Waals surface area contributed by atoms with Crippen molar-refractivity contribution in [2.24, 2.45) is 11.8 Å². The first-order chi connectivity index (χ1) is 21.1. The number of aromatic nitrogens is 5. The molecule has 2 fully saturated rings. The summed E-state index contributed by atoms with van der Waals surface area (Å²) < 4.78 is 59.3. The van der Waals surface area contributed by atoms with Crippen LogP contribution in [0.2, 0.25) is 0 Å². The Kier molecular flexibility index (Phi) is 6.63. The molecule has 1 saturated carbocycles. The van der Waals surface area contributed by atoms with Gasteiger partial charge in [-0.1, -0.05) is 6.92 Å². The lowest BCUT2D eigenvalue weighted by molar-refractivity contribution is -0.118. The summed E-state index contributed by atoms with van der Waals surface area (Å²) >= 11 is 0. The Bertz CT molecular complexity index is 2010. The molecule has 3 unspecified atom stereocenters. The second kappa shape index (κ2) is 10.3. The van der Waals surface area contributed by atoms with Crippen LogP contribution in [0.25, 0.3) is 16.6 Å². The van der Waals surface area contributed by atoms with Crippen LogP contribution in [0, 0.1) is 30.4 Å². The average Bonchev–Trinajstić information content (AvgIpc) is 3.44. The van der Waals surface area contributed by atoms with Crippen LogP contribution in [0.5, 0.6) is 0 Å². The van der Waals surface area contributed by atoms with Crippen molar-refractivity contribution in [3.05, 3.63) is 96.1 Å². The highest BCUT2D eigenvalue weighted by molar-refractivity contribution is 7.89. The van der Waals surface area contributed by atoms with Crippen molar-refractivity contribution in [3.63, 3.8) is 0 Å². The van der Waals surface area contributed by atoms with E-state index in [-0.39, 0.29) is 41.4 Å². The van der Waals surface area contributed by atoms with Crippen molar-refractivity contribution >= 4 is 32.7 Å². The smallest absolute Gasteiger partial charge is 0.246 e. The summed E-state index contributed by atoms with van der Waals surface area (Å²) in [5, 5.41) is 12.3. The van der Waals surface area contributed by atoms with Crippen molar-refractivity contribution in [1.29, 1.82) is 0 Å². The highest BCUT2D eigenvalue weighted by Gasteiger charge is 2.74. The molecule has 0 spiro atoms. The van der Waals surface area contributed by atoms with Crippen LogP contribution >= 0.6 is 0 Å². The van der Waals surface area contributed by atoms with E-state index in [1.165, 1.54) is 34.8 Å². The van der Waals surface area contributed by atoms with Gasteiger partial charge >= 0.3 is 0 Å². The van der Waals surface area contributed by atoms with Gasteiger partial charge in [0.1, 0.15) is 22.3 Å². The lowest BCUT2D eigenvalue weighted by Crippen LogP contribution is -2.37. The van der Waals surface area contributed by atoms with Gasteiger partial charge in [0.15, 0.2) is 0 Å². The molecule has 1 N–H and O–H groups in total. The van der Waals surface area contributed by atoms with Crippen LogP contribution < -0.4 is 5.32 Å². The zero-order chi connectivity index (χ0) is 30.8. The lowest BCUT2D eigenvalue weighted by atomic mass is 9.88. The van der Waals surface area contributed by atoms with Crippen LogP contribution in [0.1, 0.15) is 24.5 Å². The standard InChI is InChI=1S/C31H29F2N7O3S/c1-3-10-38-16-24(15-35-38)44(42,43)39-17-26-29(30(41)37-28-9-6-22(33)14-34-28)31(26,18-39)25-12-20-13-36-40(27(20)11-19(25)2)23-7-4-21(32)5-8-23/h4-9,11-16,26,29H,3,10,17-18H2,1-2H3,(H,34,37,41). The molecular formula is C31H29F2N7O3S.